The van der Waals surface area contributed by atoms with E-state index >= 15 is 0 Å². The fourth-order valence-corrected chi connectivity index (χ4v) is 4.63. The number of carbonyl (C=O) groups excluding carboxylic acids is 2. The molecule has 0 saturated heterocycles. The topological polar surface area (TPSA) is 185 Å². The quantitative estimate of drug-likeness (QED) is 0.0738. The number of halogens is 1. The number of hydrazone groups is 1. The summed E-state index contributed by atoms with van der Waals surface area (Å²) in [5.74, 6) is 4.98. The Morgan fingerprint density at radius 3 is 2.38 bits per heavy atom. The van der Waals surface area contributed by atoms with Crippen molar-refractivity contribution in [3.63, 3.8) is 0 Å². The van der Waals surface area contributed by atoms with Gasteiger partial charge in [-0.1, -0.05) is 18.2 Å². The van der Waals surface area contributed by atoms with Gasteiger partial charge in [0.1, 0.15) is 30.0 Å². The van der Waals surface area contributed by atoms with Crippen LogP contribution in [-0.2, 0) is 14.8 Å². The third-order valence-electron chi connectivity index (χ3n) is 6.17. The van der Waals surface area contributed by atoms with Gasteiger partial charge < -0.3 is 25.4 Å². The fraction of sp³-hybridized carbons (Fsp3) is 0.179. The van der Waals surface area contributed by atoms with Crippen molar-refractivity contribution >= 4 is 44.7 Å². The number of amides is 1. The van der Waals surface area contributed by atoms with Crippen molar-refractivity contribution in [1.82, 2.24) is 10.4 Å². The monoisotopic (exact) mass is 598 g/mol. The lowest BCUT2D eigenvalue weighted by molar-refractivity contribution is -0.108. The minimum absolute atomic E-state index is 0.0262. The first kappa shape index (κ1) is 31.7. The van der Waals surface area contributed by atoms with Crippen LogP contribution in [0.5, 0.6) is 0 Å². The van der Waals surface area contributed by atoms with Gasteiger partial charge >= 0.3 is 0 Å². The molecular formula is C28H31FN6O6S. The highest BCUT2D eigenvalue weighted by atomic mass is 32.2. The SMILES string of the molecule is CNC(=O)c1c(-c2ccc(F)cc2)oc2cc(N(C)S(C)(=O)=O)c(-c3cccc(/C(N)=N/N(N)CC=O)c3)cc12.CO. The number of sulfonamides is 1. The molecule has 222 valence electrons. The van der Waals surface area contributed by atoms with Crippen molar-refractivity contribution in [3.05, 3.63) is 77.6 Å². The molecule has 0 bridgehead atoms. The van der Waals surface area contributed by atoms with Crippen molar-refractivity contribution in [2.75, 3.05) is 38.3 Å². The molecule has 1 heterocycles. The van der Waals surface area contributed by atoms with Gasteiger partial charge in [-0.3, -0.25) is 9.10 Å². The molecule has 1 aromatic heterocycles. The van der Waals surface area contributed by atoms with E-state index in [9.17, 15) is 22.4 Å². The van der Waals surface area contributed by atoms with Crippen molar-refractivity contribution in [2.45, 2.75) is 0 Å². The molecule has 0 aliphatic heterocycles. The lowest BCUT2D eigenvalue weighted by Crippen LogP contribution is -2.31. The zero-order valence-corrected chi connectivity index (χ0v) is 24.1. The molecule has 6 N–H and O–H groups in total. The summed E-state index contributed by atoms with van der Waals surface area (Å²) in [6, 6.07) is 15.4. The van der Waals surface area contributed by atoms with Gasteiger partial charge in [0, 0.05) is 49.3 Å². The Kier molecular flexibility index (Phi) is 10.0. The van der Waals surface area contributed by atoms with Crippen LogP contribution in [0.3, 0.4) is 0 Å². The molecule has 4 rings (SSSR count). The number of furan rings is 1. The molecule has 4 aromatic rings. The van der Waals surface area contributed by atoms with Gasteiger partial charge in [0.15, 0.2) is 5.84 Å². The first-order chi connectivity index (χ1) is 19.9. The first-order valence-corrected chi connectivity index (χ1v) is 14.2. The number of amidine groups is 1. The van der Waals surface area contributed by atoms with Crippen LogP contribution >= 0.6 is 0 Å². The molecule has 14 heteroatoms. The van der Waals surface area contributed by atoms with Gasteiger partial charge in [0.05, 0.1) is 17.5 Å². The smallest absolute Gasteiger partial charge is 0.255 e. The lowest BCUT2D eigenvalue weighted by Gasteiger charge is -2.21. The molecule has 3 aromatic carbocycles. The molecule has 0 fully saturated rings. The summed E-state index contributed by atoms with van der Waals surface area (Å²) < 4.78 is 46.0. The molecule has 0 unspecified atom stereocenters. The third kappa shape index (κ3) is 6.74. The van der Waals surface area contributed by atoms with Crippen LogP contribution in [0.25, 0.3) is 33.4 Å². The number of nitrogens with two attached hydrogens (primary N) is 2. The Balaban J connectivity index is 0.00000237. The van der Waals surface area contributed by atoms with Gasteiger partial charge in [0.25, 0.3) is 5.91 Å². The summed E-state index contributed by atoms with van der Waals surface area (Å²) in [6.07, 6.45) is 1.64. The zero-order chi connectivity index (χ0) is 31.2. The molecule has 42 heavy (non-hydrogen) atoms. The maximum atomic E-state index is 13.6. The predicted octanol–water partition coefficient (Wildman–Crippen LogP) is 2.26. The second-order valence-electron chi connectivity index (χ2n) is 8.84. The molecule has 12 nitrogen and oxygen atoms in total. The van der Waals surface area contributed by atoms with Crippen molar-refractivity contribution in [3.8, 4) is 22.5 Å². The second-order valence-corrected chi connectivity index (χ2v) is 10.9. The summed E-state index contributed by atoms with van der Waals surface area (Å²) in [4.78, 5) is 23.8. The van der Waals surface area contributed by atoms with E-state index in [0.29, 0.717) is 33.9 Å². The normalized spacial score (nSPS) is 11.5. The summed E-state index contributed by atoms with van der Waals surface area (Å²) in [7, 11) is 0.150. The Bertz CT molecular complexity index is 1740. The highest BCUT2D eigenvalue weighted by Gasteiger charge is 2.26. The number of rotatable bonds is 9. The van der Waals surface area contributed by atoms with E-state index in [4.69, 9.17) is 21.1 Å². The van der Waals surface area contributed by atoms with E-state index in [1.54, 1.807) is 30.3 Å². The Morgan fingerprint density at radius 2 is 1.79 bits per heavy atom. The molecule has 0 aliphatic carbocycles. The number of hydrogen-bond donors (Lipinski definition) is 4. The lowest BCUT2D eigenvalue weighted by atomic mass is 9.97. The first-order valence-electron chi connectivity index (χ1n) is 12.3. The van der Waals surface area contributed by atoms with Gasteiger partial charge in [-0.25, -0.2) is 23.8 Å². The maximum absolute atomic E-state index is 13.6. The third-order valence-corrected chi connectivity index (χ3v) is 7.36. The van der Waals surface area contributed by atoms with E-state index in [1.165, 1.54) is 44.4 Å². The van der Waals surface area contributed by atoms with Crippen LogP contribution in [0.4, 0.5) is 10.1 Å². The summed E-state index contributed by atoms with van der Waals surface area (Å²) in [5, 5.41) is 14.9. The number of nitrogens with one attached hydrogen (secondary N) is 1. The summed E-state index contributed by atoms with van der Waals surface area (Å²) >= 11 is 0. The molecule has 0 spiro atoms. The Labute approximate surface area is 242 Å². The van der Waals surface area contributed by atoms with Crippen LogP contribution in [0.15, 0.2) is 70.2 Å². The molecular weight excluding hydrogens is 567 g/mol. The molecule has 0 atom stereocenters. The maximum Gasteiger partial charge on any atom is 0.255 e. The highest BCUT2D eigenvalue weighted by Crippen LogP contribution is 2.41. The highest BCUT2D eigenvalue weighted by molar-refractivity contribution is 7.92. The van der Waals surface area contributed by atoms with Crippen LogP contribution < -0.4 is 21.2 Å². The van der Waals surface area contributed by atoms with E-state index in [2.05, 4.69) is 10.4 Å². The number of nitrogens with zero attached hydrogens (tertiary/aromatic N) is 3. The standard InChI is InChI=1S/C27H27FN6O5S.CH4O/c1-31-27(36)24-21-14-20(17-5-4-6-18(13-17)26(29)32-34(30)11-12-35)22(33(2)40(3,37)38)15-23(21)39-25(24)16-7-9-19(28)10-8-16;1-2/h4-10,12-15H,11,30H2,1-3H3,(H2,29,32)(H,31,36);2H,1H3. The minimum Gasteiger partial charge on any atom is -0.455 e. The van der Waals surface area contributed by atoms with Crippen LogP contribution in [0.2, 0.25) is 0 Å². The largest absolute Gasteiger partial charge is 0.455 e. The number of anilines is 1. The fourth-order valence-electron chi connectivity index (χ4n) is 4.12. The van der Waals surface area contributed by atoms with Crippen LogP contribution in [-0.4, -0.2) is 70.7 Å². The number of carbonyl (C=O) groups is 2. The Morgan fingerprint density at radius 1 is 1.12 bits per heavy atom. The summed E-state index contributed by atoms with van der Waals surface area (Å²) in [6.45, 7) is -0.167. The van der Waals surface area contributed by atoms with Crippen molar-refractivity contribution < 1.29 is 31.9 Å². The molecule has 0 saturated carbocycles. The molecule has 0 aliphatic rings. The number of hydrogen-bond acceptors (Lipinski definition) is 9. The van der Waals surface area contributed by atoms with Gasteiger partial charge in [-0.15, -0.1) is 5.10 Å². The summed E-state index contributed by atoms with van der Waals surface area (Å²) in [5.41, 5.74) is 8.73. The van der Waals surface area contributed by atoms with E-state index in [-0.39, 0.29) is 35.0 Å². The number of aldehydes is 1. The minimum atomic E-state index is -3.72. The zero-order valence-electron chi connectivity index (χ0n) is 23.3. The number of fused-ring (bicyclic) bond motifs is 1. The number of benzene rings is 3. The molecule has 1 amide bonds. The predicted molar refractivity (Wildman–Crippen MR) is 160 cm³/mol. The number of hydrazine groups is 1. The van der Waals surface area contributed by atoms with Gasteiger partial charge in [0.2, 0.25) is 10.0 Å². The van der Waals surface area contributed by atoms with Gasteiger partial charge in [-0.05, 0) is 42.0 Å². The van der Waals surface area contributed by atoms with E-state index < -0.39 is 21.7 Å². The second kappa shape index (κ2) is 13.2. The van der Waals surface area contributed by atoms with Crippen LogP contribution in [0, 0.1) is 5.82 Å². The Hall–Kier alpha value is -4.79. The van der Waals surface area contributed by atoms with E-state index in [0.717, 1.165) is 22.8 Å². The number of aliphatic hydroxyl groups excluding tert-OH is 1. The van der Waals surface area contributed by atoms with Gasteiger partial charge in [-0.2, -0.15) is 0 Å². The van der Waals surface area contributed by atoms with Crippen LogP contribution in [0.1, 0.15) is 15.9 Å². The average molecular weight is 599 g/mol. The average Bonchev–Trinajstić information content (AvgIpc) is 3.35. The van der Waals surface area contributed by atoms with Crippen molar-refractivity contribution in [1.29, 1.82) is 0 Å². The molecule has 0 radical (unpaired) electrons. The van der Waals surface area contributed by atoms with Crippen molar-refractivity contribution in [2.24, 2.45) is 16.7 Å². The number of aliphatic hydroxyl groups is 1. The van der Waals surface area contributed by atoms with E-state index in [1.807, 2.05) is 0 Å².